The van der Waals surface area contributed by atoms with Crippen LogP contribution in [0.5, 0.6) is 0 Å². The molecule has 6 rings (SSSR count). The van der Waals surface area contributed by atoms with Crippen LogP contribution in [0.1, 0.15) is 37.3 Å². The zero-order valence-electron chi connectivity index (χ0n) is 16.1. The zero-order chi connectivity index (χ0) is 19.2. The molecule has 144 valence electrons. The molecule has 0 spiro atoms. The molecule has 0 aromatic carbocycles. The number of aromatic nitrogens is 5. The standard InChI is InChI=1S/C23H22N6/c1-2-17(1)22-6-3-18(16-7-10-24-11-8-16)14-28(22)20-9-12-25-21(13-20)23-27-26-15-29(23)19-4-5-19/h3,6-15,17,19,22H,1-2,4-5H2. The summed E-state index contributed by atoms with van der Waals surface area (Å²) in [6.07, 6.45) is 19.2. The van der Waals surface area contributed by atoms with E-state index in [4.69, 9.17) is 0 Å². The maximum Gasteiger partial charge on any atom is 0.182 e. The van der Waals surface area contributed by atoms with Gasteiger partial charge in [-0.2, -0.15) is 0 Å². The Morgan fingerprint density at radius 1 is 0.966 bits per heavy atom. The fraction of sp³-hybridized carbons (Fsp3) is 0.304. The van der Waals surface area contributed by atoms with Crippen LogP contribution >= 0.6 is 0 Å². The Morgan fingerprint density at radius 3 is 2.62 bits per heavy atom. The van der Waals surface area contributed by atoms with Gasteiger partial charge in [-0.25, -0.2) is 0 Å². The first-order valence-corrected chi connectivity index (χ1v) is 10.3. The summed E-state index contributed by atoms with van der Waals surface area (Å²) < 4.78 is 2.17. The van der Waals surface area contributed by atoms with Gasteiger partial charge < -0.3 is 9.47 Å². The lowest BCUT2D eigenvalue weighted by atomic mass is 9.99. The largest absolute Gasteiger partial charge is 0.340 e. The minimum absolute atomic E-state index is 0.386. The van der Waals surface area contributed by atoms with Gasteiger partial charge in [0.25, 0.3) is 0 Å². The second-order valence-electron chi connectivity index (χ2n) is 8.11. The fourth-order valence-electron chi connectivity index (χ4n) is 4.11. The van der Waals surface area contributed by atoms with Crippen molar-refractivity contribution in [2.45, 2.75) is 37.8 Å². The molecule has 4 heterocycles. The molecule has 0 amide bonds. The van der Waals surface area contributed by atoms with Crippen molar-refractivity contribution < 1.29 is 0 Å². The molecule has 2 fully saturated rings. The van der Waals surface area contributed by atoms with Crippen molar-refractivity contribution >= 4 is 11.3 Å². The molecule has 29 heavy (non-hydrogen) atoms. The number of anilines is 1. The molecular weight excluding hydrogens is 360 g/mol. The maximum atomic E-state index is 4.61. The van der Waals surface area contributed by atoms with Gasteiger partial charge in [-0.15, -0.1) is 10.2 Å². The molecule has 1 aliphatic heterocycles. The van der Waals surface area contributed by atoms with Crippen LogP contribution < -0.4 is 4.90 Å². The van der Waals surface area contributed by atoms with Crippen LogP contribution in [-0.2, 0) is 0 Å². The Hall–Kier alpha value is -3.28. The van der Waals surface area contributed by atoms with E-state index >= 15 is 0 Å². The van der Waals surface area contributed by atoms with Crippen molar-refractivity contribution in [2.24, 2.45) is 5.92 Å². The van der Waals surface area contributed by atoms with E-state index in [-0.39, 0.29) is 0 Å². The lowest BCUT2D eigenvalue weighted by molar-refractivity contribution is 0.678. The second kappa shape index (κ2) is 6.65. The SMILES string of the molecule is C1=CC(C2CC2)N(c2ccnc(-c3nncn3C3CC3)c2)C=C1c1ccncc1. The van der Waals surface area contributed by atoms with E-state index in [9.17, 15) is 0 Å². The number of hydrogen-bond acceptors (Lipinski definition) is 5. The van der Waals surface area contributed by atoms with E-state index in [1.165, 1.54) is 36.8 Å². The molecule has 3 aliphatic rings. The molecule has 3 aromatic rings. The first kappa shape index (κ1) is 16.7. The van der Waals surface area contributed by atoms with Crippen LogP contribution in [0.4, 0.5) is 5.69 Å². The molecule has 1 unspecified atom stereocenters. The van der Waals surface area contributed by atoms with Crippen molar-refractivity contribution in [2.75, 3.05) is 4.90 Å². The van der Waals surface area contributed by atoms with Crippen LogP contribution in [0.2, 0.25) is 0 Å². The number of pyridine rings is 2. The molecule has 6 heteroatoms. The van der Waals surface area contributed by atoms with Crippen molar-refractivity contribution in [3.8, 4) is 11.5 Å². The lowest BCUT2D eigenvalue weighted by Gasteiger charge is -2.32. The fourth-order valence-corrected chi connectivity index (χ4v) is 4.11. The minimum Gasteiger partial charge on any atom is -0.340 e. The van der Waals surface area contributed by atoms with Gasteiger partial charge in [0.2, 0.25) is 0 Å². The predicted octanol–water partition coefficient (Wildman–Crippen LogP) is 4.27. The van der Waals surface area contributed by atoms with Gasteiger partial charge in [-0.3, -0.25) is 9.97 Å². The summed E-state index contributed by atoms with van der Waals surface area (Å²) in [5, 5.41) is 8.50. The lowest BCUT2D eigenvalue weighted by Crippen LogP contribution is -2.33. The molecule has 0 saturated heterocycles. The van der Waals surface area contributed by atoms with Crippen molar-refractivity contribution in [3.05, 3.63) is 73.1 Å². The molecule has 2 saturated carbocycles. The van der Waals surface area contributed by atoms with Crippen LogP contribution in [-0.4, -0.2) is 30.8 Å². The average Bonchev–Trinajstić information content (AvgIpc) is 3.73. The normalized spacial score (nSPS) is 21.3. The van der Waals surface area contributed by atoms with E-state index in [1.54, 1.807) is 0 Å². The predicted molar refractivity (Wildman–Crippen MR) is 112 cm³/mol. The molecule has 1 atom stereocenters. The highest BCUT2D eigenvalue weighted by atomic mass is 15.3. The van der Waals surface area contributed by atoms with Crippen molar-refractivity contribution in [1.82, 2.24) is 24.7 Å². The van der Waals surface area contributed by atoms with E-state index in [0.717, 1.165) is 17.2 Å². The first-order chi connectivity index (χ1) is 14.4. The topological polar surface area (TPSA) is 59.7 Å². The van der Waals surface area contributed by atoms with E-state index < -0.39 is 0 Å². The quantitative estimate of drug-likeness (QED) is 0.660. The number of nitrogens with zero attached hydrogens (tertiary/aromatic N) is 6. The average molecular weight is 382 g/mol. The third-order valence-corrected chi connectivity index (χ3v) is 5.98. The summed E-state index contributed by atoms with van der Waals surface area (Å²) in [6, 6.07) is 9.27. The highest BCUT2D eigenvalue weighted by molar-refractivity contribution is 5.79. The minimum atomic E-state index is 0.386. The zero-order valence-corrected chi connectivity index (χ0v) is 16.1. The molecule has 2 aliphatic carbocycles. The highest BCUT2D eigenvalue weighted by Crippen LogP contribution is 2.41. The molecule has 6 nitrogen and oxygen atoms in total. The van der Waals surface area contributed by atoms with Gasteiger partial charge in [0.15, 0.2) is 5.82 Å². The summed E-state index contributed by atoms with van der Waals surface area (Å²) in [6.45, 7) is 0. The molecule has 0 N–H and O–H groups in total. The van der Waals surface area contributed by atoms with E-state index in [1.807, 2.05) is 24.9 Å². The summed E-state index contributed by atoms with van der Waals surface area (Å²) in [7, 11) is 0. The van der Waals surface area contributed by atoms with Gasteiger partial charge in [0.05, 0.1) is 6.04 Å². The Labute approximate surface area is 169 Å². The van der Waals surface area contributed by atoms with Crippen molar-refractivity contribution in [1.29, 1.82) is 0 Å². The summed E-state index contributed by atoms with van der Waals surface area (Å²) in [5.74, 6) is 1.58. The first-order valence-electron chi connectivity index (χ1n) is 10.3. The number of rotatable bonds is 5. The summed E-state index contributed by atoms with van der Waals surface area (Å²) in [4.78, 5) is 11.2. The Morgan fingerprint density at radius 2 is 1.83 bits per heavy atom. The third-order valence-electron chi connectivity index (χ3n) is 5.98. The monoisotopic (exact) mass is 382 g/mol. The second-order valence-corrected chi connectivity index (χ2v) is 8.11. The molecule has 0 bridgehead atoms. The summed E-state index contributed by atoms with van der Waals surface area (Å²) in [5.41, 5.74) is 4.41. The summed E-state index contributed by atoms with van der Waals surface area (Å²) >= 11 is 0. The number of allylic oxidation sites excluding steroid dienone is 2. The third kappa shape index (κ3) is 3.14. The molecule has 0 radical (unpaired) electrons. The maximum absolute atomic E-state index is 4.61. The molecular formula is C23H22N6. The van der Waals surface area contributed by atoms with Gasteiger partial charge in [0.1, 0.15) is 12.0 Å². The van der Waals surface area contributed by atoms with Crippen LogP contribution in [0.3, 0.4) is 0 Å². The Kier molecular flexibility index (Phi) is 3.82. The van der Waals surface area contributed by atoms with Crippen LogP contribution in [0, 0.1) is 5.92 Å². The highest BCUT2D eigenvalue weighted by Gasteiger charge is 2.35. The van der Waals surface area contributed by atoms with Gasteiger partial charge in [-0.1, -0.05) is 12.2 Å². The molecule has 3 aromatic heterocycles. The Bertz CT molecular complexity index is 1090. The van der Waals surface area contributed by atoms with Gasteiger partial charge in [0, 0.05) is 36.5 Å². The van der Waals surface area contributed by atoms with Crippen LogP contribution in [0.15, 0.2) is 67.5 Å². The Balaban J connectivity index is 1.39. The smallest absolute Gasteiger partial charge is 0.182 e. The van der Waals surface area contributed by atoms with Crippen LogP contribution in [0.25, 0.3) is 17.1 Å². The van der Waals surface area contributed by atoms with Gasteiger partial charge >= 0.3 is 0 Å². The van der Waals surface area contributed by atoms with Crippen molar-refractivity contribution in [3.63, 3.8) is 0 Å². The van der Waals surface area contributed by atoms with E-state index in [0.29, 0.717) is 18.0 Å². The number of hydrogen-bond donors (Lipinski definition) is 0. The van der Waals surface area contributed by atoms with E-state index in [2.05, 4.69) is 72.2 Å². The van der Waals surface area contributed by atoms with Gasteiger partial charge in [-0.05, 0) is 67.0 Å².